The molecule has 27 heavy (non-hydrogen) atoms. The molecule has 138 valence electrons. The van der Waals surface area contributed by atoms with Crippen molar-refractivity contribution in [2.24, 2.45) is 27.6 Å². The van der Waals surface area contributed by atoms with Gasteiger partial charge in [0.25, 0.3) is 0 Å². The minimum atomic E-state index is -0.285. The molecule has 3 aliphatic heterocycles. The number of hydrogen-bond acceptors (Lipinski definition) is 9. The summed E-state index contributed by atoms with van der Waals surface area (Å²) in [5.74, 6) is 0.715. The Bertz CT molecular complexity index is 986. The van der Waals surface area contributed by atoms with Crippen LogP contribution in [0, 0.1) is 11.8 Å². The standard InChI is InChI=1S/C17H18N8OS/c1-8-12-14(22-16(8)26)23-17(24-15(12)25-6-9(18)7-25)27-10-4-11-13(21-5-10)20-3-2-19-11/h2-5,8-9,12,14H,6-7,18H2,1H3,(H,22,26). The minimum Gasteiger partial charge on any atom is -0.356 e. The van der Waals surface area contributed by atoms with E-state index in [9.17, 15) is 4.79 Å². The second kappa shape index (κ2) is 6.24. The molecule has 0 spiro atoms. The molecule has 9 nitrogen and oxygen atoms in total. The molecule has 3 unspecified atom stereocenters. The molecule has 5 heterocycles. The fourth-order valence-electron chi connectivity index (χ4n) is 3.63. The molecule has 10 heteroatoms. The van der Waals surface area contributed by atoms with E-state index in [0.717, 1.165) is 29.3 Å². The number of nitrogens with two attached hydrogens (primary N) is 1. The van der Waals surface area contributed by atoms with Crippen molar-refractivity contribution in [1.82, 2.24) is 25.2 Å². The van der Waals surface area contributed by atoms with Crippen molar-refractivity contribution in [3.63, 3.8) is 0 Å². The molecule has 0 aliphatic carbocycles. The Hall–Kier alpha value is -2.59. The lowest BCUT2D eigenvalue weighted by Gasteiger charge is -2.43. The first-order valence-corrected chi connectivity index (χ1v) is 9.62. The number of amides is 1. The molecule has 2 aromatic heterocycles. The molecule has 2 saturated heterocycles. The molecule has 1 amide bonds. The maximum Gasteiger partial charge on any atom is 0.225 e. The van der Waals surface area contributed by atoms with Crippen molar-refractivity contribution >= 4 is 39.8 Å². The number of thioether (sulfide) groups is 1. The lowest BCUT2D eigenvalue weighted by atomic mass is 9.91. The molecule has 5 rings (SSSR count). The van der Waals surface area contributed by atoms with E-state index in [-0.39, 0.29) is 30.0 Å². The number of nitrogens with one attached hydrogen (secondary N) is 1. The second-order valence-electron chi connectivity index (χ2n) is 6.99. The summed E-state index contributed by atoms with van der Waals surface area (Å²) in [5, 5.41) is 3.58. The maximum atomic E-state index is 12.2. The molecule has 0 saturated carbocycles. The van der Waals surface area contributed by atoms with Crippen molar-refractivity contribution in [2.75, 3.05) is 13.1 Å². The highest BCUT2D eigenvalue weighted by Crippen LogP contribution is 2.34. The molecule has 3 N–H and O–H groups in total. The van der Waals surface area contributed by atoms with Gasteiger partial charge in [-0.25, -0.2) is 20.0 Å². The van der Waals surface area contributed by atoms with Crippen LogP contribution in [0.15, 0.2) is 39.5 Å². The van der Waals surface area contributed by atoms with Crippen molar-refractivity contribution in [1.29, 1.82) is 0 Å². The zero-order chi connectivity index (χ0) is 18.5. The van der Waals surface area contributed by atoms with Crippen LogP contribution < -0.4 is 11.1 Å². The SMILES string of the molecule is CC1C(=O)NC2N=C(Sc3cnc4nccnc4c3)N=C(N3CC(N)C3)C21. The molecular weight excluding hydrogens is 364 g/mol. The number of hydrogen-bond donors (Lipinski definition) is 2. The van der Waals surface area contributed by atoms with Crippen molar-refractivity contribution in [2.45, 2.75) is 24.0 Å². The third kappa shape index (κ3) is 2.85. The number of aromatic nitrogens is 3. The molecule has 3 atom stereocenters. The van der Waals surface area contributed by atoms with Crippen LogP contribution in [0.5, 0.6) is 0 Å². The highest BCUT2D eigenvalue weighted by atomic mass is 32.2. The van der Waals surface area contributed by atoms with Crippen LogP contribution in [0.25, 0.3) is 11.2 Å². The third-order valence-corrected chi connectivity index (χ3v) is 5.92. The van der Waals surface area contributed by atoms with E-state index < -0.39 is 0 Å². The summed E-state index contributed by atoms with van der Waals surface area (Å²) >= 11 is 1.41. The normalized spacial score (nSPS) is 27.7. The van der Waals surface area contributed by atoms with Gasteiger partial charge in [-0.1, -0.05) is 6.92 Å². The number of amidine groups is 2. The molecular formula is C17H18N8OS. The zero-order valence-electron chi connectivity index (χ0n) is 14.6. The number of nitrogens with zero attached hydrogens (tertiary/aromatic N) is 6. The van der Waals surface area contributed by atoms with E-state index in [1.54, 1.807) is 18.6 Å². The monoisotopic (exact) mass is 382 g/mol. The number of carbonyl (C=O) groups is 1. The number of rotatable bonds is 1. The Morgan fingerprint density at radius 1 is 1.26 bits per heavy atom. The fourth-order valence-corrected chi connectivity index (χ4v) is 4.42. The molecule has 0 aromatic carbocycles. The van der Waals surface area contributed by atoms with Gasteiger partial charge in [-0.3, -0.25) is 9.78 Å². The van der Waals surface area contributed by atoms with Crippen LogP contribution in [-0.4, -0.2) is 62.1 Å². The van der Waals surface area contributed by atoms with Crippen molar-refractivity contribution in [3.05, 3.63) is 24.7 Å². The molecule has 0 radical (unpaired) electrons. The molecule has 2 fully saturated rings. The number of carbonyl (C=O) groups excluding carboxylic acids is 1. The summed E-state index contributed by atoms with van der Waals surface area (Å²) in [6.45, 7) is 3.44. The van der Waals surface area contributed by atoms with E-state index in [2.05, 4.69) is 30.2 Å². The fraction of sp³-hybridized carbons (Fsp3) is 0.412. The van der Waals surface area contributed by atoms with Gasteiger partial charge < -0.3 is 16.0 Å². The highest BCUT2D eigenvalue weighted by molar-refractivity contribution is 8.14. The van der Waals surface area contributed by atoms with E-state index in [0.29, 0.717) is 10.8 Å². The zero-order valence-corrected chi connectivity index (χ0v) is 15.4. The van der Waals surface area contributed by atoms with E-state index in [1.807, 2.05) is 13.0 Å². The van der Waals surface area contributed by atoms with Crippen LogP contribution >= 0.6 is 11.8 Å². The van der Waals surface area contributed by atoms with Gasteiger partial charge in [0.1, 0.15) is 17.5 Å². The Kier molecular flexibility index (Phi) is 3.83. The predicted octanol–water partition coefficient (Wildman–Crippen LogP) is 0.236. The largest absolute Gasteiger partial charge is 0.356 e. The Balaban J connectivity index is 1.46. The van der Waals surface area contributed by atoms with Crippen molar-refractivity contribution in [3.8, 4) is 0 Å². The van der Waals surface area contributed by atoms with Crippen LogP contribution in [-0.2, 0) is 4.79 Å². The molecule has 0 bridgehead atoms. The first-order valence-electron chi connectivity index (χ1n) is 8.80. The van der Waals surface area contributed by atoms with Gasteiger partial charge in [0.15, 0.2) is 10.8 Å². The van der Waals surface area contributed by atoms with E-state index in [1.165, 1.54) is 11.8 Å². The predicted molar refractivity (Wildman–Crippen MR) is 102 cm³/mol. The summed E-state index contributed by atoms with van der Waals surface area (Å²) in [4.78, 5) is 37.5. The van der Waals surface area contributed by atoms with E-state index in [4.69, 9.17) is 10.7 Å². The molecule has 2 aromatic rings. The van der Waals surface area contributed by atoms with Gasteiger partial charge in [0, 0.05) is 48.5 Å². The van der Waals surface area contributed by atoms with Gasteiger partial charge in [-0.2, -0.15) is 0 Å². The number of fused-ring (bicyclic) bond motifs is 2. The third-order valence-electron chi connectivity index (χ3n) is 5.08. The first-order chi connectivity index (χ1) is 13.1. The second-order valence-corrected chi connectivity index (χ2v) is 8.03. The minimum absolute atomic E-state index is 0.0140. The summed E-state index contributed by atoms with van der Waals surface area (Å²) in [7, 11) is 0. The van der Waals surface area contributed by atoms with Crippen LogP contribution in [0.2, 0.25) is 0 Å². The number of pyridine rings is 1. The number of likely N-dealkylation sites (tertiary alicyclic amines) is 1. The smallest absolute Gasteiger partial charge is 0.225 e. The molecule has 3 aliphatic rings. The maximum absolute atomic E-state index is 12.2. The van der Waals surface area contributed by atoms with Crippen LogP contribution in [0.3, 0.4) is 0 Å². The van der Waals surface area contributed by atoms with Gasteiger partial charge in [0.05, 0.1) is 5.92 Å². The lowest BCUT2D eigenvalue weighted by Crippen LogP contribution is -2.61. The lowest BCUT2D eigenvalue weighted by molar-refractivity contribution is -0.122. The number of aliphatic imine (C=N–C) groups is 2. The van der Waals surface area contributed by atoms with Crippen LogP contribution in [0.1, 0.15) is 6.92 Å². The Morgan fingerprint density at radius 3 is 2.89 bits per heavy atom. The Labute approximate surface area is 159 Å². The average molecular weight is 382 g/mol. The van der Waals surface area contributed by atoms with Crippen LogP contribution in [0.4, 0.5) is 0 Å². The average Bonchev–Trinajstić information content (AvgIpc) is 2.92. The summed E-state index contributed by atoms with van der Waals surface area (Å²) in [6.07, 6.45) is 4.71. The van der Waals surface area contributed by atoms with Gasteiger partial charge in [-0.05, 0) is 17.8 Å². The van der Waals surface area contributed by atoms with Crippen molar-refractivity contribution < 1.29 is 4.79 Å². The summed E-state index contributed by atoms with van der Waals surface area (Å²) in [6, 6.07) is 2.07. The van der Waals surface area contributed by atoms with Gasteiger partial charge in [-0.15, -0.1) is 0 Å². The van der Waals surface area contributed by atoms with Gasteiger partial charge >= 0.3 is 0 Å². The van der Waals surface area contributed by atoms with E-state index >= 15 is 0 Å². The Morgan fingerprint density at radius 2 is 2.07 bits per heavy atom. The summed E-state index contributed by atoms with van der Waals surface area (Å²) < 4.78 is 0. The first kappa shape index (κ1) is 16.6. The van der Waals surface area contributed by atoms with Gasteiger partial charge in [0.2, 0.25) is 5.91 Å². The topological polar surface area (TPSA) is 122 Å². The highest BCUT2D eigenvalue weighted by Gasteiger charge is 2.47. The summed E-state index contributed by atoms with van der Waals surface area (Å²) in [5.41, 5.74) is 7.27. The quantitative estimate of drug-likeness (QED) is 0.724.